The van der Waals surface area contributed by atoms with Crippen LogP contribution < -0.4 is 10.0 Å². The van der Waals surface area contributed by atoms with E-state index in [0.29, 0.717) is 11.5 Å². The molecule has 0 spiro atoms. The number of carbonyl (C=O) groups is 1. The second-order valence-corrected chi connectivity index (χ2v) is 7.17. The number of hydrogen-bond donors (Lipinski definition) is 2. The Bertz CT molecular complexity index is 621. The highest BCUT2D eigenvalue weighted by Crippen LogP contribution is 2.32. The fourth-order valence-corrected chi connectivity index (χ4v) is 2.89. The van der Waals surface area contributed by atoms with Crippen molar-refractivity contribution in [2.24, 2.45) is 5.92 Å². The molecule has 110 valence electrons. The number of rotatable bonds is 5. The van der Waals surface area contributed by atoms with Crippen molar-refractivity contribution in [1.82, 2.24) is 10.0 Å². The van der Waals surface area contributed by atoms with Gasteiger partial charge in [-0.3, -0.25) is 4.79 Å². The molecule has 2 N–H and O–H groups in total. The summed E-state index contributed by atoms with van der Waals surface area (Å²) in [4.78, 5) is 12.4. The first kappa shape index (κ1) is 15.0. The smallest absolute Gasteiger partial charge is 0.251 e. The Labute approximate surface area is 119 Å². The molecule has 1 amide bonds. The summed E-state index contributed by atoms with van der Waals surface area (Å²) in [7, 11) is -2.18. The second-order valence-electron chi connectivity index (χ2n) is 5.28. The first-order chi connectivity index (χ1) is 9.35. The SMILES string of the molecule is CNS(=O)(=O)c1ccc(C)c(C(=O)NC(C)C2CC2)c1. The van der Waals surface area contributed by atoms with Crippen LogP contribution in [0.1, 0.15) is 35.7 Å². The Morgan fingerprint density at radius 3 is 2.55 bits per heavy atom. The molecule has 0 radical (unpaired) electrons. The number of benzene rings is 1. The van der Waals surface area contributed by atoms with Crippen molar-refractivity contribution < 1.29 is 13.2 Å². The Kier molecular flexibility index (Phi) is 4.15. The lowest BCUT2D eigenvalue weighted by molar-refractivity contribution is 0.0935. The minimum absolute atomic E-state index is 0.106. The van der Waals surface area contributed by atoms with Crippen LogP contribution in [0.15, 0.2) is 23.1 Å². The highest BCUT2D eigenvalue weighted by molar-refractivity contribution is 7.89. The van der Waals surface area contributed by atoms with E-state index in [1.165, 1.54) is 19.2 Å². The standard InChI is InChI=1S/C14H20N2O3S/c1-9-4-7-12(20(18,19)15-3)8-13(9)14(17)16-10(2)11-5-6-11/h4,7-8,10-11,15H,5-6H2,1-3H3,(H,16,17). The van der Waals surface area contributed by atoms with Gasteiger partial charge in [-0.2, -0.15) is 0 Å². The van der Waals surface area contributed by atoms with Crippen molar-refractivity contribution >= 4 is 15.9 Å². The van der Waals surface area contributed by atoms with Crippen LogP contribution in [0.5, 0.6) is 0 Å². The highest BCUT2D eigenvalue weighted by atomic mass is 32.2. The lowest BCUT2D eigenvalue weighted by atomic mass is 10.1. The van der Waals surface area contributed by atoms with Gasteiger partial charge < -0.3 is 5.32 Å². The average molecular weight is 296 g/mol. The largest absolute Gasteiger partial charge is 0.349 e. The topological polar surface area (TPSA) is 75.3 Å². The van der Waals surface area contributed by atoms with E-state index in [1.54, 1.807) is 13.0 Å². The molecule has 1 aromatic carbocycles. The van der Waals surface area contributed by atoms with Gasteiger partial charge in [0, 0.05) is 11.6 Å². The molecular weight excluding hydrogens is 276 g/mol. The molecule has 0 aromatic heterocycles. The number of hydrogen-bond acceptors (Lipinski definition) is 3. The monoisotopic (exact) mass is 296 g/mol. The van der Waals surface area contributed by atoms with Gasteiger partial charge in [-0.05, 0) is 57.4 Å². The first-order valence-corrected chi connectivity index (χ1v) is 8.18. The van der Waals surface area contributed by atoms with Gasteiger partial charge in [-0.15, -0.1) is 0 Å². The molecule has 1 unspecified atom stereocenters. The minimum atomic E-state index is -3.53. The number of carbonyl (C=O) groups excluding carboxylic acids is 1. The lowest BCUT2D eigenvalue weighted by Crippen LogP contribution is -2.34. The normalized spacial score (nSPS) is 16.8. The van der Waals surface area contributed by atoms with Crippen molar-refractivity contribution in [3.8, 4) is 0 Å². The molecule has 0 bridgehead atoms. The molecule has 1 saturated carbocycles. The first-order valence-electron chi connectivity index (χ1n) is 6.70. The molecule has 0 aliphatic heterocycles. The molecule has 1 aliphatic rings. The van der Waals surface area contributed by atoms with E-state index >= 15 is 0 Å². The molecule has 5 nitrogen and oxygen atoms in total. The lowest BCUT2D eigenvalue weighted by Gasteiger charge is -2.14. The number of nitrogens with one attached hydrogen (secondary N) is 2. The predicted octanol–water partition coefficient (Wildman–Crippen LogP) is 1.43. The van der Waals surface area contributed by atoms with E-state index < -0.39 is 10.0 Å². The highest BCUT2D eigenvalue weighted by Gasteiger charge is 2.29. The maximum absolute atomic E-state index is 12.2. The van der Waals surface area contributed by atoms with Gasteiger partial charge >= 0.3 is 0 Å². The Hall–Kier alpha value is -1.40. The van der Waals surface area contributed by atoms with Gasteiger partial charge in [0.2, 0.25) is 10.0 Å². The van der Waals surface area contributed by atoms with Gasteiger partial charge in [0.1, 0.15) is 0 Å². The van der Waals surface area contributed by atoms with Crippen molar-refractivity contribution in [3.05, 3.63) is 29.3 Å². The van der Waals surface area contributed by atoms with Crippen molar-refractivity contribution in [2.45, 2.75) is 37.6 Å². The molecule has 0 heterocycles. The van der Waals surface area contributed by atoms with Gasteiger partial charge in [-0.25, -0.2) is 13.1 Å². The molecule has 6 heteroatoms. The molecule has 1 aromatic rings. The van der Waals surface area contributed by atoms with E-state index in [9.17, 15) is 13.2 Å². The van der Waals surface area contributed by atoms with Crippen molar-refractivity contribution in [1.29, 1.82) is 0 Å². The maximum Gasteiger partial charge on any atom is 0.251 e. The summed E-state index contributed by atoms with van der Waals surface area (Å²) >= 11 is 0. The van der Waals surface area contributed by atoms with Crippen LogP contribution in [0.3, 0.4) is 0 Å². The molecule has 20 heavy (non-hydrogen) atoms. The fraction of sp³-hybridized carbons (Fsp3) is 0.500. The van der Waals surface area contributed by atoms with Crippen molar-refractivity contribution in [3.63, 3.8) is 0 Å². The van der Waals surface area contributed by atoms with Crippen molar-refractivity contribution in [2.75, 3.05) is 7.05 Å². The summed E-state index contributed by atoms with van der Waals surface area (Å²) in [6, 6.07) is 4.71. The summed E-state index contributed by atoms with van der Waals surface area (Å²) in [5.41, 5.74) is 1.18. The molecular formula is C14H20N2O3S. The minimum Gasteiger partial charge on any atom is -0.349 e. The predicted molar refractivity (Wildman–Crippen MR) is 77.1 cm³/mol. The van der Waals surface area contributed by atoms with E-state index in [0.717, 1.165) is 18.4 Å². The summed E-state index contributed by atoms with van der Waals surface area (Å²) in [6.07, 6.45) is 2.29. The summed E-state index contributed by atoms with van der Waals surface area (Å²) in [5.74, 6) is 0.346. The van der Waals surface area contributed by atoms with Crippen LogP contribution >= 0.6 is 0 Å². The van der Waals surface area contributed by atoms with E-state index in [-0.39, 0.29) is 16.8 Å². The second kappa shape index (κ2) is 5.54. The fourth-order valence-electron chi connectivity index (χ4n) is 2.13. The maximum atomic E-state index is 12.2. The third kappa shape index (κ3) is 3.19. The third-order valence-corrected chi connectivity index (χ3v) is 5.13. The van der Waals surface area contributed by atoms with Crippen LogP contribution in [0.25, 0.3) is 0 Å². The number of aryl methyl sites for hydroxylation is 1. The van der Waals surface area contributed by atoms with Gasteiger partial charge in [0.05, 0.1) is 4.90 Å². The summed E-state index contributed by atoms with van der Waals surface area (Å²) in [6.45, 7) is 3.78. The third-order valence-electron chi connectivity index (χ3n) is 3.72. The van der Waals surface area contributed by atoms with Gasteiger partial charge in [0.25, 0.3) is 5.91 Å². The zero-order valence-electron chi connectivity index (χ0n) is 11.9. The van der Waals surface area contributed by atoms with E-state index in [4.69, 9.17) is 0 Å². The van der Waals surface area contributed by atoms with Crippen LogP contribution in [0.4, 0.5) is 0 Å². The van der Waals surface area contributed by atoms with E-state index in [1.807, 2.05) is 6.92 Å². The van der Waals surface area contributed by atoms with Gasteiger partial charge in [-0.1, -0.05) is 6.07 Å². The van der Waals surface area contributed by atoms with Gasteiger partial charge in [0.15, 0.2) is 0 Å². The zero-order chi connectivity index (χ0) is 14.9. The molecule has 0 saturated heterocycles. The quantitative estimate of drug-likeness (QED) is 0.863. The zero-order valence-corrected chi connectivity index (χ0v) is 12.8. The molecule has 1 aliphatic carbocycles. The Morgan fingerprint density at radius 2 is 2.00 bits per heavy atom. The van der Waals surface area contributed by atoms with E-state index in [2.05, 4.69) is 10.0 Å². The molecule has 2 rings (SSSR count). The molecule has 1 fully saturated rings. The van der Waals surface area contributed by atoms with Crippen LogP contribution in [0.2, 0.25) is 0 Å². The summed E-state index contributed by atoms with van der Waals surface area (Å²) in [5, 5.41) is 2.94. The van der Waals surface area contributed by atoms with Crippen LogP contribution in [0, 0.1) is 12.8 Å². The van der Waals surface area contributed by atoms with Crippen LogP contribution in [-0.2, 0) is 10.0 Å². The number of sulfonamides is 1. The Balaban J connectivity index is 2.26. The average Bonchev–Trinajstić information content (AvgIpc) is 3.23. The summed E-state index contributed by atoms with van der Waals surface area (Å²) < 4.78 is 25.8. The molecule has 1 atom stereocenters. The van der Waals surface area contributed by atoms with Crippen LogP contribution in [-0.4, -0.2) is 27.4 Å². The Morgan fingerprint density at radius 1 is 1.35 bits per heavy atom. The number of amides is 1.